The fourth-order valence-electron chi connectivity index (χ4n) is 3.25. The van der Waals surface area contributed by atoms with Crippen molar-refractivity contribution in [2.24, 2.45) is 0 Å². The second-order valence-corrected chi connectivity index (χ2v) is 7.79. The fourth-order valence-corrected chi connectivity index (χ4v) is 3.41. The normalized spacial score (nSPS) is 13.9. The van der Waals surface area contributed by atoms with Crippen molar-refractivity contribution in [1.82, 2.24) is 19.9 Å². The molecule has 0 fully saturated rings. The summed E-state index contributed by atoms with van der Waals surface area (Å²) in [6.07, 6.45) is 6.30. The summed E-state index contributed by atoms with van der Waals surface area (Å²) in [6.45, 7) is 3.34. The van der Waals surface area contributed by atoms with E-state index in [0.717, 1.165) is 17.8 Å². The lowest BCUT2D eigenvalue weighted by Gasteiger charge is -2.22. The molecule has 0 saturated carbocycles. The van der Waals surface area contributed by atoms with E-state index in [2.05, 4.69) is 25.3 Å². The van der Waals surface area contributed by atoms with E-state index in [4.69, 9.17) is 16.7 Å². The third kappa shape index (κ3) is 5.77. The molecule has 0 aliphatic rings. The van der Waals surface area contributed by atoms with Crippen LogP contribution in [0.1, 0.15) is 33.1 Å². The Morgan fingerprint density at radius 1 is 1.39 bits per heavy atom. The first-order valence-electron chi connectivity index (χ1n) is 9.75. The van der Waals surface area contributed by atoms with Crippen LogP contribution in [0.25, 0.3) is 22.4 Å². The number of fused-ring (bicyclic) bond motifs is 1. The van der Waals surface area contributed by atoms with Gasteiger partial charge in [0, 0.05) is 29.4 Å². The van der Waals surface area contributed by atoms with Gasteiger partial charge in [-0.15, -0.1) is 0 Å². The van der Waals surface area contributed by atoms with Crippen LogP contribution >= 0.6 is 11.6 Å². The second kappa shape index (κ2) is 9.84. The molecule has 3 rings (SSSR count). The molecular weight excluding hydrogens is 425 g/mol. The number of anilines is 1. The predicted molar refractivity (Wildman–Crippen MR) is 116 cm³/mol. The van der Waals surface area contributed by atoms with Gasteiger partial charge >= 0.3 is 5.97 Å². The highest BCUT2D eigenvalue weighted by Gasteiger charge is 2.19. The Hall–Kier alpha value is -3.04. The van der Waals surface area contributed by atoms with Crippen LogP contribution in [0.4, 0.5) is 10.2 Å². The topological polar surface area (TPSA) is 124 Å². The number of carbonyl (C=O) groups is 1. The van der Waals surface area contributed by atoms with Crippen molar-refractivity contribution in [2.45, 2.75) is 45.3 Å². The summed E-state index contributed by atoms with van der Waals surface area (Å²) in [4.78, 5) is 26.3. The standard InChI is InChI=1S/C21H23ClFN5O3/c1-11(6-18(30)31)4-3-5-17(12(2)29)27-21-16(23)10-26-20(28-21)15-9-25-19-14(15)7-13(22)8-24-19/h6-10,12,17,29H,3-5H2,1-2H3,(H,24,25)(H,30,31)(H,26,27,28). The Morgan fingerprint density at radius 2 is 2.16 bits per heavy atom. The third-order valence-electron chi connectivity index (χ3n) is 4.84. The molecule has 0 aromatic carbocycles. The second-order valence-electron chi connectivity index (χ2n) is 7.35. The molecule has 10 heteroatoms. The largest absolute Gasteiger partial charge is 0.478 e. The molecule has 3 heterocycles. The number of aliphatic hydroxyl groups is 1. The molecule has 31 heavy (non-hydrogen) atoms. The molecule has 0 aliphatic carbocycles. The number of aliphatic carboxylic acids is 1. The van der Waals surface area contributed by atoms with Crippen LogP contribution < -0.4 is 5.32 Å². The Balaban J connectivity index is 1.79. The number of nitrogens with zero attached hydrogens (tertiary/aromatic N) is 3. The van der Waals surface area contributed by atoms with Gasteiger partial charge in [0.05, 0.1) is 23.4 Å². The lowest BCUT2D eigenvalue weighted by Crippen LogP contribution is -2.32. The number of carboxylic acids is 1. The first-order valence-corrected chi connectivity index (χ1v) is 10.1. The van der Waals surface area contributed by atoms with E-state index in [-0.39, 0.29) is 11.6 Å². The number of aliphatic hydroxyl groups excluding tert-OH is 1. The first kappa shape index (κ1) is 22.6. The summed E-state index contributed by atoms with van der Waals surface area (Å²) in [5.41, 5.74) is 1.95. The van der Waals surface area contributed by atoms with Gasteiger partial charge in [-0.1, -0.05) is 17.2 Å². The average Bonchev–Trinajstić information content (AvgIpc) is 3.11. The fraction of sp³-hybridized carbons (Fsp3) is 0.333. The lowest BCUT2D eigenvalue weighted by molar-refractivity contribution is -0.131. The van der Waals surface area contributed by atoms with Crippen molar-refractivity contribution in [1.29, 1.82) is 0 Å². The molecule has 164 valence electrons. The molecule has 2 unspecified atom stereocenters. The number of carboxylic acid groups (broad SMARTS) is 1. The van der Waals surface area contributed by atoms with Gasteiger partial charge in [-0.05, 0) is 39.2 Å². The zero-order chi connectivity index (χ0) is 22.5. The summed E-state index contributed by atoms with van der Waals surface area (Å²) >= 11 is 6.04. The van der Waals surface area contributed by atoms with Crippen LogP contribution in [0.15, 0.2) is 36.3 Å². The molecule has 0 bridgehead atoms. The number of aromatic nitrogens is 4. The average molecular weight is 448 g/mol. The van der Waals surface area contributed by atoms with Crippen molar-refractivity contribution >= 4 is 34.4 Å². The van der Waals surface area contributed by atoms with Crippen molar-refractivity contribution in [3.05, 3.63) is 47.1 Å². The smallest absolute Gasteiger partial charge is 0.328 e. The first-order chi connectivity index (χ1) is 14.7. The molecule has 0 saturated heterocycles. The summed E-state index contributed by atoms with van der Waals surface area (Å²) in [7, 11) is 0. The minimum atomic E-state index is -0.993. The Labute approximate surface area is 183 Å². The van der Waals surface area contributed by atoms with Crippen molar-refractivity contribution in [2.75, 3.05) is 5.32 Å². The van der Waals surface area contributed by atoms with E-state index in [1.54, 1.807) is 26.1 Å². The van der Waals surface area contributed by atoms with Gasteiger partial charge < -0.3 is 20.5 Å². The number of allylic oxidation sites excluding steroid dienone is 1. The van der Waals surface area contributed by atoms with Crippen molar-refractivity contribution in [3.63, 3.8) is 0 Å². The van der Waals surface area contributed by atoms with Crippen LogP contribution in [0.3, 0.4) is 0 Å². The Kier molecular flexibility index (Phi) is 7.19. The maximum absolute atomic E-state index is 14.4. The van der Waals surface area contributed by atoms with Gasteiger partial charge in [0.25, 0.3) is 0 Å². The third-order valence-corrected chi connectivity index (χ3v) is 5.05. The molecule has 3 aromatic rings. The highest BCUT2D eigenvalue weighted by molar-refractivity contribution is 6.31. The van der Waals surface area contributed by atoms with E-state index in [0.29, 0.717) is 40.9 Å². The molecule has 0 aliphatic heterocycles. The van der Waals surface area contributed by atoms with E-state index < -0.39 is 23.9 Å². The Morgan fingerprint density at radius 3 is 2.87 bits per heavy atom. The number of nitrogens with one attached hydrogen (secondary N) is 2. The summed E-state index contributed by atoms with van der Waals surface area (Å²) in [5, 5.41) is 23.0. The number of pyridine rings is 1. The van der Waals surface area contributed by atoms with Crippen LogP contribution in [-0.2, 0) is 4.79 Å². The highest BCUT2D eigenvalue weighted by Crippen LogP contribution is 2.28. The van der Waals surface area contributed by atoms with Gasteiger partial charge in [0.1, 0.15) is 5.65 Å². The number of rotatable bonds is 9. The lowest BCUT2D eigenvalue weighted by atomic mass is 10.0. The summed E-state index contributed by atoms with van der Waals surface area (Å²) in [6, 6.07) is 1.25. The number of hydrogen-bond acceptors (Lipinski definition) is 6. The number of halogens is 2. The molecule has 0 radical (unpaired) electrons. The van der Waals surface area contributed by atoms with Crippen LogP contribution in [-0.4, -0.2) is 48.3 Å². The number of aromatic amines is 1. The minimum Gasteiger partial charge on any atom is -0.478 e. The molecule has 0 spiro atoms. The predicted octanol–water partition coefficient (Wildman–Crippen LogP) is 4.17. The SMILES string of the molecule is CC(=CC(=O)O)CCCC(Nc1nc(-c2c[nH]c3ncc(Cl)cc23)ncc1F)C(C)O. The molecular formula is C21H23ClFN5O3. The number of H-pyrrole nitrogens is 1. The highest BCUT2D eigenvalue weighted by atomic mass is 35.5. The van der Waals surface area contributed by atoms with E-state index in [9.17, 15) is 14.3 Å². The summed E-state index contributed by atoms with van der Waals surface area (Å²) in [5.74, 6) is -1.39. The van der Waals surface area contributed by atoms with Gasteiger partial charge in [-0.3, -0.25) is 0 Å². The van der Waals surface area contributed by atoms with Gasteiger partial charge in [0.15, 0.2) is 17.5 Å². The maximum atomic E-state index is 14.4. The zero-order valence-corrected chi connectivity index (χ0v) is 17.8. The minimum absolute atomic E-state index is 0.0296. The van der Waals surface area contributed by atoms with Crippen LogP contribution in [0.5, 0.6) is 0 Å². The van der Waals surface area contributed by atoms with Crippen LogP contribution in [0, 0.1) is 5.82 Å². The van der Waals surface area contributed by atoms with E-state index >= 15 is 0 Å². The van der Waals surface area contributed by atoms with E-state index in [1.165, 1.54) is 6.20 Å². The monoisotopic (exact) mass is 447 g/mol. The Bertz CT molecular complexity index is 1120. The summed E-state index contributed by atoms with van der Waals surface area (Å²) < 4.78 is 14.4. The molecule has 4 N–H and O–H groups in total. The van der Waals surface area contributed by atoms with Crippen molar-refractivity contribution in [3.8, 4) is 11.4 Å². The van der Waals surface area contributed by atoms with Crippen molar-refractivity contribution < 1.29 is 19.4 Å². The van der Waals surface area contributed by atoms with Crippen LogP contribution in [0.2, 0.25) is 5.02 Å². The molecule has 8 nitrogen and oxygen atoms in total. The quantitative estimate of drug-likeness (QED) is 0.363. The van der Waals surface area contributed by atoms with Gasteiger partial charge in [-0.25, -0.2) is 24.1 Å². The van der Waals surface area contributed by atoms with E-state index in [1.807, 2.05) is 0 Å². The van der Waals surface area contributed by atoms with Gasteiger partial charge in [0.2, 0.25) is 0 Å². The molecule has 3 aromatic heterocycles. The molecule has 2 atom stereocenters. The molecule has 0 amide bonds. The number of hydrogen-bond donors (Lipinski definition) is 4. The maximum Gasteiger partial charge on any atom is 0.328 e. The van der Waals surface area contributed by atoms with Gasteiger partial charge in [-0.2, -0.15) is 0 Å². The zero-order valence-electron chi connectivity index (χ0n) is 17.1.